The van der Waals surface area contributed by atoms with E-state index in [1.807, 2.05) is 0 Å². The van der Waals surface area contributed by atoms with E-state index in [2.05, 4.69) is 50.1 Å². The summed E-state index contributed by atoms with van der Waals surface area (Å²) in [6.07, 6.45) is 2.33. The SMILES string of the molecule is CON1CC[C@]2(C)[C@@H]1Cc1ccccc1C2(C)C. The number of hydrogen-bond donors (Lipinski definition) is 0. The number of nitrogens with zero attached hydrogens (tertiary/aromatic N) is 1. The van der Waals surface area contributed by atoms with Crippen LogP contribution in [-0.2, 0) is 16.7 Å². The number of hydroxylamine groups is 2. The van der Waals surface area contributed by atoms with Gasteiger partial charge in [0.15, 0.2) is 0 Å². The van der Waals surface area contributed by atoms with Gasteiger partial charge >= 0.3 is 0 Å². The van der Waals surface area contributed by atoms with Gasteiger partial charge in [-0.25, -0.2) is 0 Å². The fourth-order valence-electron chi connectivity index (χ4n) is 4.08. The molecule has 98 valence electrons. The van der Waals surface area contributed by atoms with Crippen molar-refractivity contribution < 1.29 is 4.84 Å². The molecule has 1 aromatic carbocycles. The quantitative estimate of drug-likeness (QED) is 0.753. The van der Waals surface area contributed by atoms with Crippen molar-refractivity contribution in [2.75, 3.05) is 13.7 Å². The second kappa shape index (κ2) is 3.82. The fourth-order valence-corrected chi connectivity index (χ4v) is 4.08. The Bertz CT molecular complexity index is 468. The van der Waals surface area contributed by atoms with Gasteiger partial charge in [0.2, 0.25) is 0 Å². The van der Waals surface area contributed by atoms with Crippen molar-refractivity contribution in [1.82, 2.24) is 5.06 Å². The van der Waals surface area contributed by atoms with Crippen molar-refractivity contribution in [3.63, 3.8) is 0 Å². The van der Waals surface area contributed by atoms with Gasteiger partial charge in [-0.05, 0) is 34.8 Å². The van der Waals surface area contributed by atoms with Crippen LogP contribution in [0.3, 0.4) is 0 Å². The molecule has 0 unspecified atom stereocenters. The maximum Gasteiger partial charge on any atom is 0.0575 e. The third-order valence-electron chi connectivity index (χ3n) is 5.70. The second-order valence-electron chi connectivity index (χ2n) is 6.49. The molecule has 1 heterocycles. The standard InChI is InChI=1S/C16H23NO/c1-15(2)13-8-6-5-7-12(13)11-14-16(15,3)9-10-17(14)18-4/h5-8,14H,9-11H2,1-4H3/t14-,16+/m0/s1. The molecule has 0 radical (unpaired) electrons. The Morgan fingerprint density at radius 1 is 1.22 bits per heavy atom. The van der Waals surface area contributed by atoms with Crippen LogP contribution in [0.1, 0.15) is 38.3 Å². The van der Waals surface area contributed by atoms with Gasteiger partial charge < -0.3 is 4.84 Å². The van der Waals surface area contributed by atoms with Crippen molar-refractivity contribution in [2.24, 2.45) is 5.41 Å². The summed E-state index contributed by atoms with van der Waals surface area (Å²) >= 11 is 0. The van der Waals surface area contributed by atoms with Gasteiger partial charge in [0.25, 0.3) is 0 Å². The van der Waals surface area contributed by atoms with E-state index in [1.54, 1.807) is 7.11 Å². The first-order valence-corrected chi connectivity index (χ1v) is 6.90. The molecule has 2 aliphatic rings. The first-order chi connectivity index (χ1) is 8.50. The Kier molecular flexibility index (Phi) is 2.58. The third-order valence-corrected chi connectivity index (χ3v) is 5.70. The summed E-state index contributed by atoms with van der Waals surface area (Å²) in [5.74, 6) is 0. The highest BCUT2D eigenvalue weighted by Gasteiger charge is 2.56. The molecule has 1 aromatic rings. The van der Waals surface area contributed by atoms with Gasteiger partial charge in [0, 0.05) is 12.6 Å². The van der Waals surface area contributed by atoms with Gasteiger partial charge in [-0.15, -0.1) is 0 Å². The smallest absolute Gasteiger partial charge is 0.0575 e. The van der Waals surface area contributed by atoms with Gasteiger partial charge in [-0.2, -0.15) is 5.06 Å². The lowest BCUT2D eigenvalue weighted by atomic mass is 9.54. The highest BCUT2D eigenvalue weighted by atomic mass is 16.7. The van der Waals surface area contributed by atoms with E-state index in [9.17, 15) is 0 Å². The molecule has 0 bridgehead atoms. The number of benzene rings is 1. The van der Waals surface area contributed by atoms with E-state index in [1.165, 1.54) is 17.5 Å². The van der Waals surface area contributed by atoms with E-state index >= 15 is 0 Å². The van der Waals surface area contributed by atoms with Crippen molar-refractivity contribution in [2.45, 2.75) is 45.1 Å². The molecule has 1 aliphatic carbocycles. The van der Waals surface area contributed by atoms with Gasteiger partial charge in [0.05, 0.1) is 7.11 Å². The molecule has 2 nitrogen and oxygen atoms in total. The molecule has 18 heavy (non-hydrogen) atoms. The van der Waals surface area contributed by atoms with Crippen LogP contribution >= 0.6 is 0 Å². The van der Waals surface area contributed by atoms with Crippen LogP contribution in [0.25, 0.3) is 0 Å². The van der Waals surface area contributed by atoms with Crippen LogP contribution in [0, 0.1) is 5.41 Å². The van der Waals surface area contributed by atoms with Crippen molar-refractivity contribution in [3.8, 4) is 0 Å². The van der Waals surface area contributed by atoms with Crippen LogP contribution < -0.4 is 0 Å². The van der Waals surface area contributed by atoms with Crippen LogP contribution in [0.2, 0.25) is 0 Å². The monoisotopic (exact) mass is 245 g/mol. The largest absolute Gasteiger partial charge is 0.302 e. The number of rotatable bonds is 1. The molecule has 0 spiro atoms. The zero-order valence-electron chi connectivity index (χ0n) is 11.9. The Balaban J connectivity index is 2.13. The minimum atomic E-state index is 0.208. The first-order valence-electron chi connectivity index (χ1n) is 6.90. The lowest BCUT2D eigenvalue weighted by molar-refractivity contribution is -0.160. The zero-order chi connectivity index (χ0) is 13.0. The van der Waals surface area contributed by atoms with Crippen molar-refractivity contribution in [3.05, 3.63) is 35.4 Å². The summed E-state index contributed by atoms with van der Waals surface area (Å²) in [6, 6.07) is 9.43. The summed E-state index contributed by atoms with van der Waals surface area (Å²) in [5, 5.41) is 2.19. The van der Waals surface area contributed by atoms with E-state index in [-0.39, 0.29) is 5.41 Å². The molecule has 1 fully saturated rings. The van der Waals surface area contributed by atoms with E-state index in [0.29, 0.717) is 11.5 Å². The Morgan fingerprint density at radius 2 is 1.94 bits per heavy atom. The highest BCUT2D eigenvalue weighted by Crippen LogP contribution is 2.56. The number of hydrogen-bond acceptors (Lipinski definition) is 2. The molecule has 0 saturated carbocycles. The molecular formula is C16H23NO. The molecular weight excluding hydrogens is 222 g/mol. The zero-order valence-corrected chi connectivity index (χ0v) is 11.9. The molecule has 0 aromatic heterocycles. The van der Waals surface area contributed by atoms with Crippen molar-refractivity contribution >= 4 is 0 Å². The van der Waals surface area contributed by atoms with Crippen molar-refractivity contribution in [1.29, 1.82) is 0 Å². The summed E-state index contributed by atoms with van der Waals surface area (Å²) in [4.78, 5) is 5.59. The molecule has 3 rings (SSSR count). The molecule has 1 saturated heterocycles. The minimum Gasteiger partial charge on any atom is -0.302 e. The number of fused-ring (bicyclic) bond motifs is 2. The normalized spacial score (nSPS) is 34.1. The van der Waals surface area contributed by atoms with E-state index in [0.717, 1.165) is 13.0 Å². The Hall–Kier alpha value is -0.860. The summed E-state index contributed by atoms with van der Waals surface area (Å²) in [7, 11) is 1.80. The summed E-state index contributed by atoms with van der Waals surface area (Å²) < 4.78 is 0. The average molecular weight is 245 g/mol. The Labute approximate surface area is 110 Å². The average Bonchev–Trinajstić information content (AvgIpc) is 2.69. The Morgan fingerprint density at radius 3 is 2.67 bits per heavy atom. The first kappa shape index (κ1) is 12.2. The predicted molar refractivity (Wildman–Crippen MR) is 73.4 cm³/mol. The predicted octanol–water partition coefficient (Wildman–Crippen LogP) is 3.16. The van der Waals surface area contributed by atoms with E-state index < -0.39 is 0 Å². The third kappa shape index (κ3) is 1.36. The lowest BCUT2D eigenvalue weighted by Gasteiger charge is -2.51. The van der Waals surface area contributed by atoms with Gasteiger partial charge in [-0.1, -0.05) is 45.0 Å². The van der Waals surface area contributed by atoms with Gasteiger partial charge in [-0.3, -0.25) is 0 Å². The summed E-state index contributed by atoms with van der Waals surface area (Å²) in [6.45, 7) is 8.29. The van der Waals surface area contributed by atoms with Crippen LogP contribution in [0.5, 0.6) is 0 Å². The lowest BCUT2D eigenvalue weighted by Crippen LogP contribution is -2.53. The highest BCUT2D eigenvalue weighted by molar-refractivity contribution is 5.40. The fraction of sp³-hybridized carbons (Fsp3) is 0.625. The van der Waals surface area contributed by atoms with Crippen LogP contribution in [0.15, 0.2) is 24.3 Å². The van der Waals surface area contributed by atoms with Gasteiger partial charge in [0.1, 0.15) is 0 Å². The molecule has 2 heteroatoms. The minimum absolute atomic E-state index is 0.208. The second-order valence-corrected chi connectivity index (χ2v) is 6.49. The van der Waals surface area contributed by atoms with Crippen LogP contribution in [-0.4, -0.2) is 24.8 Å². The summed E-state index contributed by atoms with van der Waals surface area (Å²) in [5.41, 5.74) is 3.53. The van der Waals surface area contributed by atoms with E-state index in [4.69, 9.17) is 4.84 Å². The maximum atomic E-state index is 5.59. The molecule has 0 N–H and O–H groups in total. The topological polar surface area (TPSA) is 12.5 Å². The molecule has 0 amide bonds. The van der Waals surface area contributed by atoms with Crippen LogP contribution in [0.4, 0.5) is 0 Å². The molecule has 1 aliphatic heterocycles. The maximum absolute atomic E-state index is 5.59. The molecule has 2 atom stereocenters.